The first-order valence-electron chi connectivity index (χ1n) is 13.4. The lowest BCUT2D eigenvalue weighted by molar-refractivity contribution is -0.0565. The van der Waals surface area contributed by atoms with Crippen LogP contribution in [0.1, 0.15) is 56.8 Å². The number of thiophene rings is 1. The Bertz CT molecular complexity index is 1590. The number of nitrogens with zero attached hydrogens (tertiary/aromatic N) is 3. The van der Waals surface area contributed by atoms with E-state index in [9.17, 15) is 19.8 Å². The third kappa shape index (κ3) is 5.14. The highest BCUT2D eigenvalue weighted by molar-refractivity contribution is 7.22. The van der Waals surface area contributed by atoms with Crippen LogP contribution in [0.3, 0.4) is 0 Å². The zero-order chi connectivity index (χ0) is 28.6. The Balaban J connectivity index is 1.72. The molecule has 0 unspecified atom stereocenters. The predicted octanol–water partition coefficient (Wildman–Crippen LogP) is 3.99. The van der Waals surface area contributed by atoms with Crippen LogP contribution in [0, 0.1) is 6.92 Å². The van der Waals surface area contributed by atoms with Crippen LogP contribution in [0.15, 0.2) is 50.7 Å². The van der Waals surface area contributed by atoms with Gasteiger partial charge in [0.1, 0.15) is 22.9 Å². The first-order valence-corrected chi connectivity index (χ1v) is 14.2. The Kier molecular flexibility index (Phi) is 8.01. The van der Waals surface area contributed by atoms with Gasteiger partial charge in [-0.3, -0.25) is 13.9 Å². The summed E-state index contributed by atoms with van der Waals surface area (Å²) >= 11 is 1.27. The number of aromatic nitrogens is 3. The maximum absolute atomic E-state index is 14.1. The van der Waals surface area contributed by atoms with E-state index in [4.69, 9.17) is 13.9 Å². The summed E-state index contributed by atoms with van der Waals surface area (Å²) in [5, 5.41) is 20.6. The number of para-hydroxylation sites is 1. The molecule has 3 aromatic heterocycles. The minimum atomic E-state index is -1.15. The highest BCUT2D eigenvalue weighted by atomic mass is 32.1. The molecule has 0 spiro atoms. The van der Waals surface area contributed by atoms with Crippen molar-refractivity contribution in [3.63, 3.8) is 0 Å². The molecule has 0 amide bonds. The average Bonchev–Trinajstić information content (AvgIpc) is 3.59. The highest BCUT2D eigenvalue weighted by Gasteiger charge is 2.32. The lowest BCUT2D eigenvalue weighted by atomic mass is 9.94. The standard InChI is InChI=1S/C29H35N3O7S/c1-17-23-26(35)32(29(2,3)16-33)28(36)31(27(23)40-24(17)25-30-13-14-38-25)15-22(20-7-5-6-8-21(20)37-4)39-19-11-9-18(34)10-12-19/h5-8,13-14,18-19,22,33-34H,9-12,15-16H2,1-4H3/t18?,19?,22-/m0/s1. The number of ether oxygens (including phenoxy) is 2. The van der Waals surface area contributed by atoms with Crippen molar-refractivity contribution >= 4 is 21.6 Å². The Morgan fingerprint density at radius 3 is 2.58 bits per heavy atom. The van der Waals surface area contributed by atoms with Crippen LogP contribution in [0.5, 0.6) is 5.75 Å². The number of rotatable bonds is 9. The molecule has 0 aliphatic heterocycles. The molecule has 10 nitrogen and oxygen atoms in total. The van der Waals surface area contributed by atoms with Crippen molar-refractivity contribution in [1.29, 1.82) is 0 Å². The number of methoxy groups -OCH3 is 1. The number of oxazole rings is 1. The van der Waals surface area contributed by atoms with E-state index >= 15 is 0 Å². The van der Waals surface area contributed by atoms with Gasteiger partial charge >= 0.3 is 5.69 Å². The van der Waals surface area contributed by atoms with Crippen LogP contribution < -0.4 is 16.0 Å². The number of aliphatic hydroxyl groups excluding tert-OH is 2. The van der Waals surface area contributed by atoms with Gasteiger partial charge in [0.25, 0.3) is 5.56 Å². The first kappa shape index (κ1) is 28.3. The molecule has 5 rings (SSSR count). The monoisotopic (exact) mass is 569 g/mol. The molecule has 4 aromatic rings. The van der Waals surface area contributed by atoms with Crippen molar-refractivity contribution in [2.45, 2.75) is 76.9 Å². The van der Waals surface area contributed by atoms with Gasteiger partial charge in [-0.1, -0.05) is 18.2 Å². The molecule has 3 heterocycles. The smallest absolute Gasteiger partial charge is 0.332 e. The van der Waals surface area contributed by atoms with Gasteiger partial charge in [-0.2, -0.15) is 0 Å². The largest absolute Gasteiger partial charge is 0.496 e. The molecule has 1 aliphatic rings. The van der Waals surface area contributed by atoms with E-state index in [1.54, 1.807) is 25.5 Å². The van der Waals surface area contributed by atoms with Gasteiger partial charge in [-0.25, -0.2) is 9.78 Å². The minimum Gasteiger partial charge on any atom is -0.496 e. The van der Waals surface area contributed by atoms with Crippen LogP contribution in [-0.4, -0.2) is 50.3 Å². The zero-order valence-corrected chi connectivity index (χ0v) is 23.9. The molecule has 11 heteroatoms. The summed E-state index contributed by atoms with van der Waals surface area (Å²) in [7, 11) is 1.59. The van der Waals surface area contributed by atoms with Crippen molar-refractivity contribution in [3.8, 4) is 16.5 Å². The maximum atomic E-state index is 14.1. The lowest BCUT2D eigenvalue weighted by Crippen LogP contribution is -2.51. The zero-order valence-electron chi connectivity index (χ0n) is 23.1. The van der Waals surface area contributed by atoms with Gasteiger partial charge in [-0.15, -0.1) is 11.3 Å². The molecule has 40 heavy (non-hydrogen) atoms. The minimum absolute atomic E-state index is 0.0987. The fourth-order valence-electron chi connectivity index (χ4n) is 5.38. The van der Waals surface area contributed by atoms with E-state index in [1.165, 1.54) is 23.8 Å². The Morgan fingerprint density at radius 1 is 1.20 bits per heavy atom. The molecule has 1 atom stereocenters. The molecule has 2 N–H and O–H groups in total. The van der Waals surface area contributed by atoms with E-state index in [0.717, 1.165) is 10.1 Å². The second-order valence-electron chi connectivity index (χ2n) is 10.9. The summed E-state index contributed by atoms with van der Waals surface area (Å²) in [6.45, 7) is 4.82. The van der Waals surface area contributed by atoms with Gasteiger partial charge in [0.05, 0.1) is 54.5 Å². The van der Waals surface area contributed by atoms with Gasteiger partial charge in [-0.05, 0) is 58.1 Å². The highest BCUT2D eigenvalue weighted by Crippen LogP contribution is 2.38. The number of fused-ring (bicyclic) bond motifs is 1. The number of aliphatic hydroxyl groups is 2. The van der Waals surface area contributed by atoms with Crippen molar-refractivity contribution < 1.29 is 24.1 Å². The van der Waals surface area contributed by atoms with Crippen LogP contribution in [0.25, 0.3) is 21.0 Å². The Labute approximate surface area is 235 Å². The number of hydrogen-bond acceptors (Lipinski definition) is 9. The average molecular weight is 570 g/mol. The van der Waals surface area contributed by atoms with Crippen LogP contribution in [-0.2, 0) is 16.8 Å². The molecule has 0 saturated heterocycles. The fourth-order valence-corrected chi connectivity index (χ4v) is 6.62. The summed E-state index contributed by atoms with van der Waals surface area (Å²) in [4.78, 5) is 33.4. The van der Waals surface area contributed by atoms with E-state index in [0.29, 0.717) is 58.0 Å². The van der Waals surface area contributed by atoms with E-state index in [2.05, 4.69) is 4.98 Å². The molecule has 214 valence electrons. The molecule has 0 bridgehead atoms. The summed E-state index contributed by atoms with van der Waals surface area (Å²) in [6, 6.07) is 7.52. The van der Waals surface area contributed by atoms with E-state index < -0.39 is 29.5 Å². The molecular weight excluding hydrogens is 534 g/mol. The van der Waals surface area contributed by atoms with E-state index in [-0.39, 0.29) is 18.8 Å². The van der Waals surface area contributed by atoms with Gasteiger partial charge in [0, 0.05) is 5.56 Å². The molecule has 0 radical (unpaired) electrons. The third-order valence-electron chi connectivity index (χ3n) is 7.67. The topological polar surface area (TPSA) is 129 Å². The summed E-state index contributed by atoms with van der Waals surface area (Å²) in [5.41, 5.74) is -0.740. The van der Waals surface area contributed by atoms with Crippen molar-refractivity contribution in [1.82, 2.24) is 14.1 Å². The van der Waals surface area contributed by atoms with Crippen molar-refractivity contribution in [2.24, 2.45) is 0 Å². The van der Waals surface area contributed by atoms with Crippen LogP contribution >= 0.6 is 11.3 Å². The quantitative estimate of drug-likeness (QED) is 0.310. The molecular formula is C29H35N3O7S. The van der Waals surface area contributed by atoms with E-state index in [1.807, 2.05) is 31.2 Å². The third-order valence-corrected chi connectivity index (χ3v) is 8.97. The normalized spacial score (nSPS) is 18.8. The van der Waals surface area contributed by atoms with Crippen LogP contribution in [0.2, 0.25) is 0 Å². The second kappa shape index (κ2) is 11.3. The SMILES string of the molecule is COc1ccccc1[C@H](Cn1c(=O)n(C(C)(C)CO)c(=O)c2c(C)c(-c3ncco3)sc21)OC1CCC(O)CC1. The predicted molar refractivity (Wildman–Crippen MR) is 152 cm³/mol. The maximum Gasteiger partial charge on any atom is 0.332 e. The number of hydrogen-bond donors (Lipinski definition) is 2. The van der Waals surface area contributed by atoms with Crippen molar-refractivity contribution in [3.05, 3.63) is 68.7 Å². The molecule has 1 saturated carbocycles. The Morgan fingerprint density at radius 2 is 1.93 bits per heavy atom. The summed E-state index contributed by atoms with van der Waals surface area (Å²) in [6.07, 6.45) is 4.64. The number of aryl methyl sites for hydroxylation is 1. The fraction of sp³-hybridized carbons (Fsp3) is 0.483. The second-order valence-corrected chi connectivity index (χ2v) is 11.9. The molecule has 1 aromatic carbocycles. The van der Waals surface area contributed by atoms with Gasteiger partial charge in [0.15, 0.2) is 0 Å². The van der Waals surface area contributed by atoms with Gasteiger partial charge < -0.3 is 24.1 Å². The lowest BCUT2D eigenvalue weighted by Gasteiger charge is -2.31. The molecule has 1 aliphatic carbocycles. The molecule has 1 fully saturated rings. The van der Waals surface area contributed by atoms with Crippen LogP contribution in [0.4, 0.5) is 0 Å². The van der Waals surface area contributed by atoms with Gasteiger partial charge in [0.2, 0.25) is 5.89 Å². The summed E-state index contributed by atoms with van der Waals surface area (Å²) < 4.78 is 20.6. The summed E-state index contributed by atoms with van der Waals surface area (Å²) in [5.74, 6) is 0.989. The van der Waals surface area contributed by atoms with Crippen molar-refractivity contribution in [2.75, 3.05) is 13.7 Å². The Hall–Kier alpha value is -3.25. The first-order chi connectivity index (χ1) is 19.2. The number of benzene rings is 1.